The van der Waals surface area contributed by atoms with Crippen LogP contribution in [0, 0.1) is 11.6 Å². The summed E-state index contributed by atoms with van der Waals surface area (Å²) in [6, 6.07) is 2.69. The van der Waals surface area contributed by atoms with Crippen LogP contribution in [0.25, 0.3) is 0 Å². The molecule has 3 atom stereocenters. The van der Waals surface area contributed by atoms with Gasteiger partial charge in [0.05, 0.1) is 28.6 Å². The molecule has 27 heavy (non-hydrogen) atoms. The maximum absolute atomic E-state index is 14.4. The molecule has 0 aliphatic heterocycles. The molecule has 1 N–H and O–H groups in total. The minimum atomic E-state index is -3.20. The van der Waals surface area contributed by atoms with Crippen LogP contribution in [-0.4, -0.2) is 55.2 Å². The summed E-state index contributed by atoms with van der Waals surface area (Å²) >= 11 is 0. The van der Waals surface area contributed by atoms with Crippen molar-refractivity contribution in [1.29, 1.82) is 0 Å². The number of hydrogen-bond donors (Lipinski definition) is 1. The fraction of sp³-hybridized carbons (Fsp3) is 0.438. The standard InChI is InChI=1S/C16H20F2N4O4S/c1-11(27(3,25)21-7-15(23)26-2)16(24,8-22-10-19-9-20-22)13-5-4-12(17)6-14(13)18/h4-6,9-11,24H,7-8H2,1-3H3/t11-,16-,27?/m1/s1. The van der Waals surface area contributed by atoms with Gasteiger partial charge in [-0.2, -0.15) is 5.10 Å². The molecule has 1 aromatic carbocycles. The Hall–Kier alpha value is -2.40. The van der Waals surface area contributed by atoms with E-state index in [0.717, 1.165) is 19.2 Å². The van der Waals surface area contributed by atoms with E-state index in [4.69, 9.17) is 0 Å². The van der Waals surface area contributed by atoms with Crippen LogP contribution in [0.4, 0.5) is 8.78 Å². The highest BCUT2D eigenvalue weighted by Gasteiger charge is 2.43. The average Bonchev–Trinajstić information content (AvgIpc) is 3.11. The molecule has 0 spiro atoms. The Labute approximate surface area is 155 Å². The monoisotopic (exact) mass is 402 g/mol. The molecule has 11 heteroatoms. The number of ether oxygens (including phenoxy) is 1. The highest BCUT2D eigenvalue weighted by Crippen LogP contribution is 2.34. The Morgan fingerprint density at radius 2 is 2.19 bits per heavy atom. The molecule has 1 unspecified atom stereocenters. The fourth-order valence-corrected chi connectivity index (χ4v) is 4.06. The van der Waals surface area contributed by atoms with Gasteiger partial charge in [0.1, 0.15) is 36.4 Å². The third kappa shape index (κ3) is 4.66. The molecule has 1 heterocycles. The maximum Gasteiger partial charge on any atom is 0.328 e. The number of rotatable bonds is 7. The van der Waals surface area contributed by atoms with E-state index in [-0.39, 0.29) is 12.1 Å². The van der Waals surface area contributed by atoms with Gasteiger partial charge in [0.15, 0.2) is 0 Å². The van der Waals surface area contributed by atoms with Crippen LogP contribution >= 0.6 is 0 Å². The summed E-state index contributed by atoms with van der Waals surface area (Å²) in [7, 11) is -2.04. The van der Waals surface area contributed by atoms with Gasteiger partial charge in [-0.1, -0.05) is 6.07 Å². The molecule has 0 aliphatic carbocycles. The lowest BCUT2D eigenvalue weighted by Crippen LogP contribution is -2.46. The smallest absolute Gasteiger partial charge is 0.328 e. The van der Waals surface area contributed by atoms with E-state index in [9.17, 15) is 22.9 Å². The zero-order valence-electron chi connectivity index (χ0n) is 15.0. The minimum Gasteiger partial charge on any atom is -0.468 e. The molecular formula is C16H20F2N4O4S. The van der Waals surface area contributed by atoms with Gasteiger partial charge in [-0.3, -0.25) is 4.79 Å². The van der Waals surface area contributed by atoms with Crippen molar-refractivity contribution in [1.82, 2.24) is 14.8 Å². The van der Waals surface area contributed by atoms with Crippen LogP contribution in [0.1, 0.15) is 12.5 Å². The predicted molar refractivity (Wildman–Crippen MR) is 93.1 cm³/mol. The molecule has 0 saturated heterocycles. The van der Waals surface area contributed by atoms with Crippen molar-refractivity contribution in [3.05, 3.63) is 48.1 Å². The third-order valence-corrected chi connectivity index (χ3v) is 6.62. The number of aromatic nitrogens is 3. The zero-order valence-corrected chi connectivity index (χ0v) is 15.8. The van der Waals surface area contributed by atoms with Crippen molar-refractivity contribution in [2.75, 3.05) is 19.9 Å². The van der Waals surface area contributed by atoms with Gasteiger partial charge in [-0.15, -0.1) is 0 Å². The first-order valence-electron chi connectivity index (χ1n) is 7.84. The minimum absolute atomic E-state index is 0.269. The molecule has 8 nitrogen and oxygen atoms in total. The van der Waals surface area contributed by atoms with E-state index in [0.29, 0.717) is 6.07 Å². The van der Waals surface area contributed by atoms with Gasteiger partial charge in [0.2, 0.25) is 0 Å². The Bertz CT molecular complexity index is 929. The molecule has 1 aromatic heterocycles. The summed E-state index contributed by atoms with van der Waals surface area (Å²) in [4.78, 5) is 15.1. The molecule has 2 rings (SSSR count). The van der Waals surface area contributed by atoms with Crippen molar-refractivity contribution in [2.45, 2.75) is 24.3 Å². The summed E-state index contributed by atoms with van der Waals surface area (Å²) in [5, 5.41) is 14.1. The largest absolute Gasteiger partial charge is 0.468 e. The molecule has 0 radical (unpaired) electrons. The lowest BCUT2D eigenvalue weighted by atomic mass is 9.90. The van der Waals surface area contributed by atoms with Gasteiger partial charge < -0.3 is 9.84 Å². The van der Waals surface area contributed by atoms with Gasteiger partial charge in [-0.05, 0) is 13.0 Å². The summed E-state index contributed by atoms with van der Waals surface area (Å²) in [5.74, 6) is -2.53. The van der Waals surface area contributed by atoms with Crippen LogP contribution in [0.2, 0.25) is 0 Å². The second kappa shape index (κ2) is 8.09. The van der Waals surface area contributed by atoms with Crippen molar-refractivity contribution >= 4 is 15.7 Å². The quantitative estimate of drug-likeness (QED) is 0.695. The number of aliphatic hydroxyl groups is 1. The third-order valence-electron chi connectivity index (χ3n) is 4.27. The topological polar surface area (TPSA) is 107 Å². The van der Waals surface area contributed by atoms with E-state index in [1.165, 1.54) is 30.5 Å². The van der Waals surface area contributed by atoms with Gasteiger partial charge in [0.25, 0.3) is 0 Å². The van der Waals surface area contributed by atoms with Crippen molar-refractivity contribution < 1.29 is 27.6 Å². The lowest BCUT2D eigenvalue weighted by Gasteiger charge is -2.35. The first kappa shape index (κ1) is 20.9. The molecule has 0 fully saturated rings. The number of carbonyl (C=O) groups excluding carboxylic acids is 1. The average molecular weight is 402 g/mol. The van der Waals surface area contributed by atoms with E-state index in [1.54, 1.807) is 0 Å². The number of methoxy groups -OCH3 is 1. The highest BCUT2D eigenvalue weighted by atomic mass is 32.2. The van der Waals surface area contributed by atoms with E-state index < -0.39 is 44.7 Å². The lowest BCUT2D eigenvalue weighted by molar-refractivity contribution is -0.138. The van der Waals surface area contributed by atoms with E-state index >= 15 is 0 Å². The normalized spacial score (nSPS) is 16.8. The number of benzene rings is 1. The predicted octanol–water partition coefficient (Wildman–Crippen LogP) is 1.10. The first-order valence-corrected chi connectivity index (χ1v) is 9.82. The summed E-state index contributed by atoms with van der Waals surface area (Å²) in [6.45, 7) is 0.611. The van der Waals surface area contributed by atoms with Crippen molar-refractivity contribution in [3.63, 3.8) is 0 Å². The highest BCUT2D eigenvalue weighted by molar-refractivity contribution is 7.93. The SMILES string of the molecule is COC(=O)CN=S(C)(=O)[C@H](C)[C@](O)(Cn1cncn1)c1ccc(F)cc1F. The van der Waals surface area contributed by atoms with E-state index in [2.05, 4.69) is 19.2 Å². The first-order chi connectivity index (χ1) is 12.6. The number of esters is 1. The Balaban J connectivity index is 2.54. The molecule has 0 amide bonds. The number of halogens is 2. The molecule has 0 aliphatic rings. The second-order valence-electron chi connectivity index (χ2n) is 6.01. The van der Waals surface area contributed by atoms with Crippen LogP contribution in [-0.2, 0) is 31.4 Å². The maximum atomic E-state index is 14.4. The zero-order chi connectivity index (χ0) is 20.2. The van der Waals surface area contributed by atoms with Crippen molar-refractivity contribution in [2.24, 2.45) is 4.36 Å². The van der Waals surface area contributed by atoms with Crippen LogP contribution in [0.5, 0.6) is 0 Å². The fourth-order valence-electron chi connectivity index (χ4n) is 2.55. The Morgan fingerprint density at radius 1 is 1.48 bits per heavy atom. The number of hydrogen-bond acceptors (Lipinski definition) is 7. The summed E-state index contributed by atoms with van der Waals surface area (Å²) in [5.41, 5.74) is -2.34. The number of carbonyl (C=O) groups is 1. The molecule has 148 valence electrons. The van der Waals surface area contributed by atoms with Gasteiger partial charge >= 0.3 is 5.97 Å². The summed E-state index contributed by atoms with van der Waals surface area (Å²) in [6.07, 6.45) is 3.76. The Morgan fingerprint density at radius 3 is 2.74 bits per heavy atom. The molecule has 0 saturated carbocycles. The van der Waals surface area contributed by atoms with E-state index in [1.807, 2.05) is 0 Å². The molecular weight excluding hydrogens is 382 g/mol. The molecule has 2 aromatic rings. The van der Waals surface area contributed by atoms with Gasteiger partial charge in [-0.25, -0.2) is 27.0 Å². The second-order valence-corrected chi connectivity index (χ2v) is 8.70. The Kier molecular flexibility index (Phi) is 6.26. The van der Waals surface area contributed by atoms with Gasteiger partial charge in [0, 0.05) is 17.9 Å². The van der Waals surface area contributed by atoms with Crippen LogP contribution in [0.3, 0.4) is 0 Å². The number of nitrogens with zero attached hydrogens (tertiary/aromatic N) is 4. The molecule has 0 bridgehead atoms. The van der Waals surface area contributed by atoms with Crippen molar-refractivity contribution in [3.8, 4) is 0 Å². The summed E-state index contributed by atoms with van der Waals surface area (Å²) < 4.78 is 50.4. The van der Waals surface area contributed by atoms with Crippen LogP contribution < -0.4 is 0 Å². The van der Waals surface area contributed by atoms with Crippen LogP contribution in [0.15, 0.2) is 35.2 Å².